The SMILES string of the molecule is CCNC(=NCCS(=O)Cc1ccccc1)NC1CCN(c2ccccn2)CC1. The topological polar surface area (TPSA) is 69.6 Å². The predicted octanol–water partition coefficient (Wildman–Crippen LogP) is 2.55. The molecule has 0 saturated carbocycles. The van der Waals surface area contributed by atoms with Gasteiger partial charge in [0.1, 0.15) is 5.82 Å². The van der Waals surface area contributed by atoms with E-state index in [-0.39, 0.29) is 0 Å². The van der Waals surface area contributed by atoms with E-state index >= 15 is 0 Å². The van der Waals surface area contributed by atoms with E-state index in [4.69, 9.17) is 0 Å². The van der Waals surface area contributed by atoms with Crippen molar-refractivity contribution in [3.05, 3.63) is 60.3 Å². The zero-order valence-corrected chi connectivity index (χ0v) is 17.9. The van der Waals surface area contributed by atoms with Crippen molar-refractivity contribution < 1.29 is 4.21 Å². The average molecular weight is 414 g/mol. The van der Waals surface area contributed by atoms with Crippen LogP contribution in [-0.2, 0) is 16.6 Å². The summed E-state index contributed by atoms with van der Waals surface area (Å²) in [5.74, 6) is 3.03. The maximum Gasteiger partial charge on any atom is 0.191 e. The molecule has 1 saturated heterocycles. The molecule has 2 heterocycles. The third-order valence-electron chi connectivity index (χ3n) is 4.91. The summed E-state index contributed by atoms with van der Waals surface area (Å²) in [4.78, 5) is 11.4. The van der Waals surface area contributed by atoms with Crippen LogP contribution in [0.3, 0.4) is 0 Å². The van der Waals surface area contributed by atoms with Gasteiger partial charge in [0.25, 0.3) is 0 Å². The fraction of sp³-hybridized carbons (Fsp3) is 0.455. The third kappa shape index (κ3) is 7.16. The van der Waals surface area contributed by atoms with Gasteiger partial charge < -0.3 is 15.5 Å². The van der Waals surface area contributed by atoms with Crippen molar-refractivity contribution in [1.82, 2.24) is 15.6 Å². The van der Waals surface area contributed by atoms with Crippen LogP contribution in [0.25, 0.3) is 0 Å². The Morgan fingerprint density at radius 3 is 2.62 bits per heavy atom. The second-order valence-electron chi connectivity index (χ2n) is 7.13. The molecule has 29 heavy (non-hydrogen) atoms. The number of nitrogens with zero attached hydrogens (tertiary/aromatic N) is 3. The highest BCUT2D eigenvalue weighted by atomic mass is 32.2. The summed E-state index contributed by atoms with van der Waals surface area (Å²) >= 11 is 0. The second-order valence-corrected chi connectivity index (χ2v) is 8.70. The first-order valence-electron chi connectivity index (χ1n) is 10.3. The fourth-order valence-electron chi connectivity index (χ4n) is 3.40. The van der Waals surface area contributed by atoms with Crippen molar-refractivity contribution in [2.45, 2.75) is 31.6 Å². The van der Waals surface area contributed by atoms with Gasteiger partial charge in [0.2, 0.25) is 0 Å². The lowest BCUT2D eigenvalue weighted by Crippen LogP contribution is -2.49. The molecule has 156 valence electrons. The number of piperidine rings is 1. The molecule has 7 heteroatoms. The maximum absolute atomic E-state index is 12.3. The molecule has 0 amide bonds. The van der Waals surface area contributed by atoms with Crippen molar-refractivity contribution in [2.75, 3.05) is 36.8 Å². The average Bonchev–Trinajstić information content (AvgIpc) is 2.76. The quantitative estimate of drug-likeness (QED) is 0.514. The lowest BCUT2D eigenvalue weighted by Gasteiger charge is -2.33. The number of guanidine groups is 1. The predicted molar refractivity (Wildman–Crippen MR) is 122 cm³/mol. The minimum absolute atomic E-state index is 0.391. The largest absolute Gasteiger partial charge is 0.357 e. The Kier molecular flexibility index (Phi) is 8.49. The molecule has 6 nitrogen and oxygen atoms in total. The van der Waals surface area contributed by atoms with Gasteiger partial charge in [-0.3, -0.25) is 9.20 Å². The van der Waals surface area contributed by atoms with Crippen LogP contribution in [0.5, 0.6) is 0 Å². The monoisotopic (exact) mass is 413 g/mol. The summed E-state index contributed by atoms with van der Waals surface area (Å²) in [7, 11) is -0.900. The van der Waals surface area contributed by atoms with Crippen molar-refractivity contribution in [2.24, 2.45) is 4.99 Å². The molecule has 2 aromatic rings. The van der Waals surface area contributed by atoms with Crippen LogP contribution < -0.4 is 15.5 Å². The van der Waals surface area contributed by atoms with Gasteiger partial charge in [-0.05, 0) is 37.5 Å². The van der Waals surface area contributed by atoms with E-state index in [1.807, 2.05) is 48.7 Å². The molecule has 1 unspecified atom stereocenters. The Morgan fingerprint density at radius 2 is 1.93 bits per heavy atom. The van der Waals surface area contributed by atoms with Gasteiger partial charge in [-0.2, -0.15) is 0 Å². The number of aliphatic imine (C=N–C) groups is 1. The molecule has 1 aromatic heterocycles. The van der Waals surface area contributed by atoms with Gasteiger partial charge in [-0.25, -0.2) is 4.98 Å². The van der Waals surface area contributed by atoms with Gasteiger partial charge in [0, 0.05) is 54.2 Å². The van der Waals surface area contributed by atoms with Crippen LogP contribution in [0.2, 0.25) is 0 Å². The Hall–Kier alpha value is -2.41. The summed E-state index contributed by atoms with van der Waals surface area (Å²) in [6.07, 6.45) is 3.93. The summed E-state index contributed by atoms with van der Waals surface area (Å²) in [5.41, 5.74) is 1.11. The number of rotatable bonds is 8. The van der Waals surface area contributed by atoms with Crippen LogP contribution in [0, 0.1) is 0 Å². The van der Waals surface area contributed by atoms with Crippen molar-refractivity contribution >= 4 is 22.6 Å². The van der Waals surface area contributed by atoms with Crippen LogP contribution in [0.4, 0.5) is 5.82 Å². The van der Waals surface area contributed by atoms with Gasteiger partial charge in [0.05, 0.1) is 6.54 Å². The number of pyridine rings is 1. The first kappa shape index (κ1) is 21.3. The van der Waals surface area contributed by atoms with Gasteiger partial charge >= 0.3 is 0 Å². The minimum Gasteiger partial charge on any atom is -0.357 e. The minimum atomic E-state index is -0.900. The summed E-state index contributed by atoms with van der Waals surface area (Å²) in [6.45, 7) is 5.39. The number of nitrogens with one attached hydrogen (secondary N) is 2. The van der Waals surface area contributed by atoms with Crippen LogP contribution in [0.1, 0.15) is 25.3 Å². The Labute approximate surface area is 176 Å². The van der Waals surface area contributed by atoms with Crippen LogP contribution in [-0.4, -0.2) is 53.1 Å². The Bertz CT molecular complexity index is 776. The van der Waals surface area contributed by atoms with E-state index in [0.29, 0.717) is 24.1 Å². The maximum atomic E-state index is 12.3. The molecule has 1 fully saturated rings. The number of aromatic nitrogens is 1. The summed E-state index contributed by atoms with van der Waals surface area (Å²) < 4.78 is 12.3. The van der Waals surface area contributed by atoms with E-state index in [0.717, 1.165) is 49.8 Å². The van der Waals surface area contributed by atoms with Crippen molar-refractivity contribution in [1.29, 1.82) is 0 Å². The Morgan fingerprint density at radius 1 is 1.17 bits per heavy atom. The molecule has 0 aliphatic carbocycles. The smallest absolute Gasteiger partial charge is 0.191 e. The highest BCUT2D eigenvalue weighted by Gasteiger charge is 2.20. The summed E-state index contributed by atoms with van der Waals surface area (Å²) in [6, 6.07) is 16.4. The first-order valence-corrected chi connectivity index (χ1v) is 11.8. The highest BCUT2D eigenvalue weighted by Crippen LogP contribution is 2.17. The number of hydrogen-bond acceptors (Lipinski definition) is 4. The molecule has 3 rings (SSSR count). The van der Waals surface area contributed by atoms with E-state index in [2.05, 4.69) is 38.5 Å². The lowest BCUT2D eigenvalue weighted by molar-refractivity contribution is 0.460. The number of benzene rings is 1. The zero-order chi connectivity index (χ0) is 20.3. The normalized spacial score (nSPS) is 16.4. The fourth-order valence-corrected chi connectivity index (χ4v) is 4.40. The van der Waals surface area contributed by atoms with Crippen molar-refractivity contribution in [3.8, 4) is 0 Å². The first-order chi connectivity index (χ1) is 14.2. The molecule has 1 aliphatic rings. The van der Waals surface area contributed by atoms with Crippen LogP contribution >= 0.6 is 0 Å². The molecule has 1 aromatic carbocycles. The van der Waals surface area contributed by atoms with E-state index in [1.54, 1.807) is 0 Å². The molecular weight excluding hydrogens is 382 g/mol. The molecule has 0 spiro atoms. The number of hydrogen-bond donors (Lipinski definition) is 2. The molecule has 2 N–H and O–H groups in total. The number of anilines is 1. The van der Waals surface area contributed by atoms with Gasteiger partial charge in [-0.15, -0.1) is 0 Å². The van der Waals surface area contributed by atoms with E-state index in [9.17, 15) is 4.21 Å². The van der Waals surface area contributed by atoms with E-state index < -0.39 is 10.8 Å². The lowest BCUT2D eigenvalue weighted by atomic mass is 10.1. The molecule has 1 atom stereocenters. The van der Waals surface area contributed by atoms with E-state index in [1.165, 1.54) is 0 Å². The molecule has 1 aliphatic heterocycles. The second kappa shape index (κ2) is 11.6. The zero-order valence-electron chi connectivity index (χ0n) is 17.1. The van der Waals surface area contributed by atoms with Gasteiger partial charge in [-0.1, -0.05) is 36.4 Å². The Balaban J connectivity index is 1.44. The van der Waals surface area contributed by atoms with Gasteiger partial charge in [0.15, 0.2) is 5.96 Å². The summed E-state index contributed by atoms with van der Waals surface area (Å²) in [5, 5.41) is 6.86. The molecule has 0 bridgehead atoms. The van der Waals surface area contributed by atoms with Crippen LogP contribution in [0.15, 0.2) is 59.7 Å². The third-order valence-corrected chi connectivity index (χ3v) is 6.21. The van der Waals surface area contributed by atoms with Crippen molar-refractivity contribution in [3.63, 3.8) is 0 Å². The molecular formula is C22H31N5OS. The molecule has 0 radical (unpaired) electrons. The highest BCUT2D eigenvalue weighted by molar-refractivity contribution is 7.84. The standard InChI is InChI=1S/C22H31N5OS/c1-2-23-22(25-14-17-29(28)18-19-8-4-3-5-9-19)26-20-11-15-27(16-12-20)21-10-6-7-13-24-21/h3-10,13,20H,2,11-12,14-18H2,1H3,(H2,23,25,26).